The van der Waals surface area contributed by atoms with Crippen LogP contribution in [0.25, 0.3) is 0 Å². The van der Waals surface area contributed by atoms with Gasteiger partial charge in [-0.2, -0.15) is 0 Å². The minimum absolute atomic E-state index is 0.241. The highest BCUT2D eigenvalue weighted by atomic mass is 32.2. The van der Waals surface area contributed by atoms with E-state index in [9.17, 15) is 8.42 Å². The molecule has 0 saturated heterocycles. The average molecular weight is 249 g/mol. The Kier molecular flexibility index (Phi) is 3.39. The molecule has 0 unspecified atom stereocenters. The maximum absolute atomic E-state index is 12.0. The van der Waals surface area contributed by atoms with E-state index in [0.29, 0.717) is 5.69 Å². The van der Waals surface area contributed by atoms with Gasteiger partial charge in [0.2, 0.25) is 10.0 Å². The van der Waals surface area contributed by atoms with Gasteiger partial charge in [0, 0.05) is 11.3 Å². The van der Waals surface area contributed by atoms with Crippen LogP contribution >= 0.6 is 0 Å². The summed E-state index contributed by atoms with van der Waals surface area (Å²) in [6.07, 6.45) is 8.76. The lowest BCUT2D eigenvalue weighted by Gasteiger charge is -2.13. The van der Waals surface area contributed by atoms with E-state index in [1.807, 2.05) is 0 Å². The molecule has 1 N–H and O–H groups in total. The van der Waals surface area contributed by atoms with Crippen LogP contribution in [0.4, 0.5) is 5.69 Å². The fourth-order valence-corrected chi connectivity index (χ4v) is 3.67. The summed E-state index contributed by atoms with van der Waals surface area (Å²) in [5.74, 6) is 2.49. The highest BCUT2D eigenvalue weighted by Gasteiger charge is 2.28. The summed E-state index contributed by atoms with van der Waals surface area (Å²) in [5.41, 5.74) is 1.32. The van der Waals surface area contributed by atoms with Crippen molar-refractivity contribution in [3.8, 4) is 12.3 Å². The molecule has 1 saturated carbocycles. The first kappa shape index (κ1) is 12.0. The van der Waals surface area contributed by atoms with Crippen molar-refractivity contribution in [2.24, 2.45) is 0 Å². The third kappa shape index (κ3) is 2.80. The van der Waals surface area contributed by atoms with Gasteiger partial charge in [0.05, 0.1) is 5.25 Å². The minimum Gasteiger partial charge on any atom is -0.283 e. The second-order valence-corrected chi connectivity index (χ2v) is 6.24. The molecule has 0 spiro atoms. The lowest BCUT2D eigenvalue weighted by molar-refractivity contribution is 0.585. The Labute approximate surface area is 102 Å². The van der Waals surface area contributed by atoms with Gasteiger partial charge in [-0.25, -0.2) is 8.42 Å². The van der Waals surface area contributed by atoms with Crippen molar-refractivity contribution in [2.45, 2.75) is 30.9 Å². The smallest absolute Gasteiger partial charge is 0.235 e. The van der Waals surface area contributed by atoms with E-state index in [0.717, 1.165) is 31.2 Å². The third-order valence-electron chi connectivity index (χ3n) is 3.05. The summed E-state index contributed by atoms with van der Waals surface area (Å²) in [4.78, 5) is 0. The summed E-state index contributed by atoms with van der Waals surface area (Å²) >= 11 is 0. The summed E-state index contributed by atoms with van der Waals surface area (Å²) in [7, 11) is -3.23. The van der Waals surface area contributed by atoms with Crippen LogP contribution in [-0.2, 0) is 10.0 Å². The van der Waals surface area contributed by atoms with E-state index in [2.05, 4.69) is 10.6 Å². The average Bonchev–Trinajstić information content (AvgIpc) is 2.84. The van der Waals surface area contributed by atoms with E-state index >= 15 is 0 Å². The van der Waals surface area contributed by atoms with E-state index in [4.69, 9.17) is 6.42 Å². The zero-order valence-corrected chi connectivity index (χ0v) is 10.3. The zero-order valence-electron chi connectivity index (χ0n) is 9.52. The number of anilines is 1. The van der Waals surface area contributed by atoms with Gasteiger partial charge in [-0.05, 0) is 37.1 Å². The monoisotopic (exact) mass is 249 g/mol. The number of rotatable bonds is 3. The maximum Gasteiger partial charge on any atom is 0.235 e. The van der Waals surface area contributed by atoms with E-state index < -0.39 is 10.0 Å². The number of sulfonamides is 1. The Hall–Kier alpha value is -1.47. The summed E-state index contributed by atoms with van der Waals surface area (Å²) in [6, 6.07) is 6.85. The number of nitrogens with one attached hydrogen (secondary N) is 1. The van der Waals surface area contributed by atoms with Gasteiger partial charge in [0.25, 0.3) is 0 Å². The Bertz CT molecular complexity index is 520. The van der Waals surface area contributed by atoms with Gasteiger partial charge in [0.15, 0.2) is 0 Å². The Balaban J connectivity index is 2.11. The predicted molar refractivity (Wildman–Crippen MR) is 69.2 cm³/mol. The van der Waals surface area contributed by atoms with Crippen LogP contribution in [0.3, 0.4) is 0 Å². The molecule has 2 rings (SSSR count). The molecule has 0 aromatic heterocycles. The molecular weight excluding hydrogens is 234 g/mol. The van der Waals surface area contributed by atoms with Crippen LogP contribution in [0.1, 0.15) is 31.2 Å². The predicted octanol–water partition coefficient (Wildman–Crippen LogP) is 2.35. The van der Waals surface area contributed by atoms with E-state index in [1.54, 1.807) is 24.3 Å². The van der Waals surface area contributed by atoms with Gasteiger partial charge < -0.3 is 0 Å². The summed E-state index contributed by atoms with van der Waals surface area (Å²) in [5, 5.41) is -0.241. The van der Waals surface area contributed by atoms with Gasteiger partial charge in [-0.1, -0.05) is 18.8 Å². The van der Waals surface area contributed by atoms with Crippen molar-refractivity contribution in [3.63, 3.8) is 0 Å². The number of terminal acetylenes is 1. The van der Waals surface area contributed by atoms with Crippen molar-refractivity contribution >= 4 is 15.7 Å². The third-order valence-corrected chi connectivity index (χ3v) is 4.92. The van der Waals surface area contributed by atoms with Crippen LogP contribution < -0.4 is 4.72 Å². The highest BCUT2D eigenvalue weighted by molar-refractivity contribution is 7.93. The molecule has 1 aliphatic carbocycles. The SMILES string of the molecule is C#Cc1ccc(NS(=O)(=O)C2CCCC2)cc1. The van der Waals surface area contributed by atoms with Crippen molar-refractivity contribution in [1.29, 1.82) is 0 Å². The lowest BCUT2D eigenvalue weighted by atomic mass is 10.2. The van der Waals surface area contributed by atoms with Gasteiger partial charge in [-0.15, -0.1) is 6.42 Å². The van der Waals surface area contributed by atoms with Crippen molar-refractivity contribution in [2.75, 3.05) is 4.72 Å². The first-order valence-electron chi connectivity index (χ1n) is 5.70. The van der Waals surface area contributed by atoms with Crippen molar-refractivity contribution in [3.05, 3.63) is 29.8 Å². The van der Waals surface area contributed by atoms with Crippen LogP contribution in [-0.4, -0.2) is 13.7 Å². The first-order valence-corrected chi connectivity index (χ1v) is 7.25. The van der Waals surface area contributed by atoms with Crippen LogP contribution in [0, 0.1) is 12.3 Å². The van der Waals surface area contributed by atoms with Gasteiger partial charge in [0.1, 0.15) is 0 Å². The Morgan fingerprint density at radius 2 is 1.76 bits per heavy atom. The molecule has 1 aromatic carbocycles. The molecule has 0 radical (unpaired) electrons. The number of hydrogen-bond acceptors (Lipinski definition) is 2. The fourth-order valence-electron chi connectivity index (χ4n) is 2.08. The molecule has 0 bridgehead atoms. The molecule has 17 heavy (non-hydrogen) atoms. The summed E-state index contributed by atoms with van der Waals surface area (Å²) < 4.78 is 26.6. The molecule has 90 valence electrons. The molecule has 0 heterocycles. The fraction of sp³-hybridized carbons (Fsp3) is 0.385. The Morgan fingerprint density at radius 1 is 1.18 bits per heavy atom. The molecular formula is C13H15NO2S. The number of benzene rings is 1. The van der Waals surface area contributed by atoms with Crippen LogP contribution in [0.5, 0.6) is 0 Å². The molecule has 0 atom stereocenters. The highest BCUT2D eigenvalue weighted by Crippen LogP contribution is 2.26. The van der Waals surface area contributed by atoms with Crippen molar-refractivity contribution in [1.82, 2.24) is 0 Å². The van der Waals surface area contributed by atoms with Gasteiger partial charge in [-0.3, -0.25) is 4.72 Å². The topological polar surface area (TPSA) is 46.2 Å². The Morgan fingerprint density at radius 3 is 2.29 bits per heavy atom. The second-order valence-electron chi connectivity index (χ2n) is 4.28. The molecule has 4 heteroatoms. The largest absolute Gasteiger partial charge is 0.283 e. The van der Waals surface area contributed by atoms with E-state index in [1.165, 1.54) is 0 Å². The minimum atomic E-state index is -3.23. The lowest BCUT2D eigenvalue weighted by Crippen LogP contribution is -2.25. The zero-order chi connectivity index (χ0) is 12.3. The quantitative estimate of drug-likeness (QED) is 0.836. The summed E-state index contributed by atoms with van der Waals surface area (Å²) in [6.45, 7) is 0. The molecule has 3 nitrogen and oxygen atoms in total. The van der Waals surface area contributed by atoms with E-state index in [-0.39, 0.29) is 5.25 Å². The van der Waals surface area contributed by atoms with Crippen LogP contribution in [0.2, 0.25) is 0 Å². The normalized spacial score (nSPS) is 16.6. The molecule has 0 amide bonds. The standard InChI is InChI=1S/C13H15NO2S/c1-2-11-7-9-12(10-8-11)14-17(15,16)13-5-3-4-6-13/h1,7-10,13-14H,3-6H2. The van der Waals surface area contributed by atoms with Gasteiger partial charge >= 0.3 is 0 Å². The molecule has 0 aliphatic heterocycles. The molecule has 1 aliphatic rings. The maximum atomic E-state index is 12.0. The number of hydrogen-bond donors (Lipinski definition) is 1. The van der Waals surface area contributed by atoms with Crippen LogP contribution in [0.15, 0.2) is 24.3 Å². The molecule has 1 fully saturated rings. The first-order chi connectivity index (χ1) is 8.12. The second kappa shape index (κ2) is 4.80. The molecule has 1 aromatic rings. The van der Waals surface area contributed by atoms with Crippen molar-refractivity contribution < 1.29 is 8.42 Å².